The Kier molecular flexibility index (Phi) is 6.48. The van der Waals surface area contributed by atoms with Gasteiger partial charge in [0.1, 0.15) is 0 Å². The molecule has 11 heteroatoms. The summed E-state index contributed by atoms with van der Waals surface area (Å²) in [5.74, 6) is 0. The van der Waals surface area contributed by atoms with Gasteiger partial charge in [-0.3, -0.25) is 10.1 Å². The van der Waals surface area contributed by atoms with Crippen molar-refractivity contribution in [2.45, 2.75) is 39.4 Å². The largest absolute Gasteiger partial charge is 0.435 e. The Bertz CT molecular complexity index is 990. The Hall–Kier alpha value is -3.24. The zero-order valence-electron chi connectivity index (χ0n) is 16.8. The lowest BCUT2D eigenvalue weighted by molar-refractivity contribution is -0.141. The van der Waals surface area contributed by atoms with E-state index in [1.807, 2.05) is 19.9 Å². The molecular weight excluding hydrogens is 399 g/mol. The van der Waals surface area contributed by atoms with Gasteiger partial charge in [0.2, 0.25) is 0 Å². The van der Waals surface area contributed by atoms with Crippen molar-refractivity contribution in [2.75, 3.05) is 23.4 Å². The van der Waals surface area contributed by atoms with E-state index < -0.39 is 17.9 Å². The number of urea groups is 1. The van der Waals surface area contributed by atoms with Crippen LogP contribution in [0.1, 0.15) is 38.1 Å². The summed E-state index contributed by atoms with van der Waals surface area (Å²) in [5.41, 5.74) is 0.568. The highest BCUT2D eigenvalue weighted by Crippen LogP contribution is 2.29. The maximum atomic E-state index is 13.2. The summed E-state index contributed by atoms with van der Waals surface area (Å²) in [6.45, 7) is 4.88. The average Bonchev–Trinajstić information content (AvgIpc) is 3.33. The van der Waals surface area contributed by atoms with Gasteiger partial charge in [-0.25, -0.2) is 4.79 Å². The minimum absolute atomic E-state index is 0.111. The molecule has 2 heterocycles. The summed E-state index contributed by atoms with van der Waals surface area (Å²) in [4.78, 5) is 13.6. The number of hydrogen-bond donors (Lipinski definition) is 3. The number of aromatic amines is 1. The lowest BCUT2D eigenvalue weighted by atomic mass is 10.2. The number of aromatic nitrogens is 4. The molecule has 0 saturated heterocycles. The standard InChI is InChI=1S/C19H24F3N7O/c1-3-8-28(9-4-2)29-13(10-17(27-29)19(20,21)22)11-23-18(30)25-15-6-5-7-16-14(15)12-24-26-16/h5-7,10,12H,3-4,8-9,11H2,1-2H3,(H,24,26)(H2,23,25,30). The van der Waals surface area contributed by atoms with E-state index in [2.05, 4.69) is 25.9 Å². The van der Waals surface area contributed by atoms with Crippen LogP contribution < -0.4 is 15.6 Å². The molecule has 3 rings (SSSR count). The minimum Gasteiger partial charge on any atom is -0.332 e. The highest BCUT2D eigenvalue weighted by Gasteiger charge is 2.35. The van der Waals surface area contributed by atoms with Crippen molar-refractivity contribution >= 4 is 22.6 Å². The third-order valence-corrected chi connectivity index (χ3v) is 4.45. The number of amides is 2. The highest BCUT2D eigenvalue weighted by atomic mass is 19.4. The van der Waals surface area contributed by atoms with Crippen LogP contribution in [0, 0.1) is 0 Å². The van der Waals surface area contributed by atoms with Crippen molar-refractivity contribution < 1.29 is 18.0 Å². The van der Waals surface area contributed by atoms with Gasteiger partial charge < -0.3 is 10.6 Å². The molecule has 0 atom stereocenters. The molecule has 0 spiro atoms. The van der Waals surface area contributed by atoms with Crippen LogP contribution in [-0.4, -0.2) is 39.2 Å². The molecule has 0 aliphatic rings. The van der Waals surface area contributed by atoms with Crippen LogP contribution in [0.3, 0.4) is 0 Å². The van der Waals surface area contributed by atoms with Crippen molar-refractivity contribution in [2.24, 2.45) is 0 Å². The van der Waals surface area contributed by atoms with Crippen molar-refractivity contribution in [3.8, 4) is 0 Å². The van der Waals surface area contributed by atoms with E-state index in [4.69, 9.17) is 0 Å². The normalized spacial score (nSPS) is 11.6. The van der Waals surface area contributed by atoms with E-state index >= 15 is 0 Å². The minimum atomic E-state index is -4.57. The van der Waals surface area contributed by atoms with Gasteiger partial charge in [0, 0.05) is 18.5 Å². The zero-order valence-corrected chi connectivity index (χ0v) is 16.8. The van der Waals surface area contributed by atoms with Crippen LogP contribution in [0.2, 0.25) is 0 Å². The lowest BCUT2D eigenvalue weighted by Crippen LogP contribution is -2.40. The molecule has 2 amide bonds. The maximum Gasteiger partial charge on any atom is 0.435 e. The number of benzene rings is 1. The number of rotatable bonds is 8. The predicted octanol–water partition coefficient (Wildman–Crippen LogP) is 3.86. The fraction of sp³-hybridized carbons (Fsp3) is 0.421. The first kappa shape index (κ1) is 21.5. The van der Waals surface area contributed by atoms with Crippen molar-refractivity contribution in [1.29, 1.82) is 0 Å². The molecule has 2 aromatic heterocycles. The Morgan fingerprint density at radius 1 is 1.23 bits per heavy atom. The molecule has 0 radical (unpaired) electrons. The smallest absolute Gasteiger partial charge is 0.332 e. The molecule has 8 nitrogen and oxygen atoms in total. The topological polar surface area (TPSA) is 90.9 Å². The zero-order chi connectivity index (χ0) is 21.7. The summed E-state index contributed by atoms with van der Waals surface area (Å²) in [6, 6.07) is 5.72. The number of nitrogens with zero attached hydrogens (tertiary/aromatic N) is 4. The van der Waals surface area contributed by atoms with Crippen LogP contribution in [-0.2, 0) is 12.7 Å². The summed E-state index contributed by atoms with van der Waals surface area (Å²) in [5, 5.41) is 18.3. The second kappa shape index (κ2) is 9.06. The molecule has 0 aliphatic heterocycles. The number of alkyl halides is 3. The molecule has 0 fully saturated rings. The van der Waals surface area contributed by atoms with Crippen molar-refractivity contribution in [3.63, 3.8) is 0 Å². The first-order chi connectivity index (χ1) is 14.3. The molecule has 162 valence electrons. The predicted molar refractivity (Wildman–Crippen MR) is 108 cm³/mol. The van der Waals surface area contributed by atoms with Gasteiger partial charge in [-0.05, 0) is 31.0 Å². The quantitative estimate of drug-likeness (QED) is 0.513. The lowest BCUT2D eigenvalue weighted by Gasteiger charge is -2.25. The van der Waals surface area contributed by atoms with Gasteiger partial charge in [0.25, 0.3) is 0 Å². The highest BCUT2D eigenvalue weighted by molar-refractivity contribution is 6.00. The number of fused-ring (bicyclic) bond motifs is 1. The number of carbonyl (C=O) groups excluding carboxylic acids is 1. The maximum absolute atomic E-state index is 13.2. The number of H-pyrrole nitrogens is 1. The summed E-state index contributed by atoms with van der Waals surface area (Å²) < 4.78 is 39.7. The van der Waals surface area contributed by atoms with Gasteiger partial charge in [-0.2, -0.15) is 23.1 Å². The van der Waals surface area contributed by atoms with E-state index in [1.54, 1.807) is 23.3 Å². The third-order valence-electron chi connectivity index (χ3n) is 4.45. The monoisotopic (exact) mass is 423 g/mol. The summed E-state index contributed by atoms with van der Waals surface area (Å²) >= 11 is 0. The van der Waals surface area contributed by atoms with Gasteiger partial charge in [-0.15, -0.1) is 5.10 Å². The average molecular weight is 423 g/mol. The van der Waals surface area contributed by atoms with Crippen molar-refractivity contribution in [1.82, 2.24) is 25.4 Å². The SMILES string of the molecule is CCCN(CCC)n1nc(C(F)(F)F)cc1CNC(=O)Nc1cccc2[nH]ncc12. The van der Waals surface area contributed by atoms with Crippen molar-refractivity contribution in [3.05, 3.63) is 41.9 Å². The van der Waals surface area contributed by atoms with E-state index in [9.17, 15) is 18.0 Å². The van der Waals surface area contributed by atoms with E-state index in [1.165, 1.54) is 4.79 Å². The second-order valence-corrected chi connectivity index (χ2v) is 6.81. The Labute approximate surface area is 171 Å². The summed E-state index contributed by atoms with van der Waals surface area (Å²) in [7, 11) is 0. The number of anilines is 1. The summed E-state index contributed by atoms with van der Waals surface area (Å²) in [6.07, 6.45) is -1.47. The van der Waals surface area contributed by atoms with E-state index in [-0.39, 0.29) is 12.2 Å². The van der Waals surface area contributed by atoms with E-state index in [0.29, 0.717) is 18.8 Å². The molecule has 3 N–H and O–H groups in total. The fourth-order valence-electron chi connectivity index (χ4n) is 3.15. The molecule has 0 aliphatic carbocycles. The molecule has 3 aromatic rings. The molecule has 0 bridgehead atoms. The van der Waals surface area contributed by atoms with Crippen LogP contribution in [0.5, 0.6) is 0 Å². The fourth-order valence-corrected chi connectivity index (χ4v) is 3.15. The van der Waals surface area contributed by atoms with Gasteiger partial charge in [0.15, 0.2) is 5.69 Å². The van der Waals surface area contributed by atoms with Gasteiger partial charge in [0.05, 0.1) is 29.6 Å². The molecular formula is C19H24F3N7O. The van der Waals surface area contributed by atoms with Crippen LogP contribution in [0.25, 0.3) is 10.9 Å². The number of hydrogen-bond acceptors (Lipinski definition) is 4. The van der Waals surface area contributed by atoms with Gasteiger partial charge in [-0.1, -0.05) is 19.9 Å². The number of halogens is 3. The Morgan fingerprint density at radius 2 is 1.97 bits per heavy atom. The molecule has 0 saturated carbocycles. The first-order valence-corrected chi connectivity index (χ1v) is 9.71. The molecule has 1 aromatic carbocycles. The third kappa shape index (κ3) is 4.84. The Balaban J connectivity index is 1.76. The van der Waals surface area contributed by atoms with Crippen LogP contribution in [0.15, 0.2) is 30.5 Å². The first-order valence-electron chi connectivity index (χ1n) is 9.71. The van der Waals surface area contributed by atoms with E-state index in [0.717, 1.165) is 29.8 Å². The molecule has 30 heavy (non-hydrogen) atoms. The van der Waals surface area contributed by atoms with Gasteiger partial charge >= 0.3 is 12.2 Å². The Morgan fingerprint density at radius 3 is 2.63 bits per heavy atom. The second-order valence-electron chi connectivity index (χ2n) is 6.81. The van der Waals surface area contributed by atoms with Crippen LogP contribution >= 0.6 is 0 Å². The number of nitrogens with one attached hydrogen (secondary N) is 3. The molecule has 0 unspecified atom stereocenters. The number of carbonyl (C=O) groups is 1. The van der Waals surface area contributed by atoms with Crippen LogP contribution in [0.4, 0.5) is 23.7 Å².